The molecule has 0 aliphatic heterocycles. The largest absolute Gasteiger partial charge is 0.361 e. The first-order valence-corrected chi connectivity index (χ1v) is 16.7. The molecule has 0 spiro atoms. The Labute approximate surface area is 279 Å². The average molecular weight is 781 g/mol. The smallest absolute Gasteiger partial charge is 0.148 e. The fourth-order valence-electron chi connectivity index (χ4n) is 2.77. The van der Waals surface area contributed by atoms with Crippen LogP contribution in [-0.2, 0) is 4.74 Å². The van der Waals surface area contributed by atoms with Gasteiger partial charge in [0.1, 0.15) is 5.56 Å². The molecular weight excluding hydrogens is 753 g/mol. The van der Waals surface area contributed by atoms with Crippen molar-refractivity contribution in [1.29, 1.82) is 0 Å². The maximum Gasteiger partial charge on any atom is 0.148 e. The Morgan fingerprint density at radius 3 is 0.857 bits per heavy atom. The average Bonchev–Trinajstić information content (AvgIpc) is 2.85. The zero-order chi connectivity index (χ0) is 27.8. The van der Waals surface area contributed by atoms with Crippen molar-refractivity contribution in [1.82, 2.24) is 0 Å². The van der Waals surface area contributed by atoms with Gasteiger partial charge in [-0.3, -0.25) is 0 Å². The van der Waals surface area contributed by atoms with Crippen LogP contribution in [0.1, 0.15) is 27.2 Å². The quantitative estimate of drug-likeness (QED) is 0.134. The van der Waals surface area contributed by atoms with Crippen molar-refractivity contribution in [2.45, 2.75) is 103 Å². The highest BCUT2D eigenvalue weighted by atomic mass is 35.5. The van der Waals surface area contributed by atoms with Gasteiger partial charge < -0.3 is 4.74 Å². The van der Waals surface area contributed by atoms with E-state index in [9.17, 15) is 0 Å². The topological polar surface area (TPSA) is 9.23 Å². The fourth-order valence-corrected chi connectivity index (χ4v) is 7.85. The van der Waals surface area contributed by atoms with Gasteiger partial charge in [-0.1, -0.05) is 32.4 Å². The Kier molecular flexibility index (Phi) is 21.5. The first kappa shape index (κ1) is 39.0. The number of ether oxygens (including phenoxy) is 1. The third kappa shape index (κ3) is 12.0. The van der Waals surface area contributed by atoms with Gasteiger partial charge in [0.25, 0.3) is 0 Å². The fraction of sp³-hybridized carbons (Fsp3) is 1.00. The predicted molar refractivity (Wildman–Crippen MR) is 166 cm³/mol. The van der Waals surface area contributed by atoms with Crippen LogP contribution in [0.5, 0.6) is 0 Å². The summed E-state index contributed by atoms with van der Waals surface area (Å²) in [5, 5.41) is -11.4. The Bertz CT molecular complexity index is 574. The van der Waals surface area contributed by atoms with E-state index in [-0.39, 0.29) is 5.92 Å². The zero-order valence-corrected chi connectivity index (χ0v) is 29.4. The number of hydrogen-bond donors (Lipinski definition) is 0. The van der Waals surface area contributed by atoms with Crippen LogP contribution in [0.15, 0.2) is 0 Å². The molecule has 0 aromatic heterocycles. The maximum atomic E-state index is 6.52. The summed E-state index contributed by atoms with van der Waals surface area (Å²) in [6.45, 7) is 6.15. The highest BCUT2D eigenvalue weighted by Crippen LogP contribution is 2.39. The third-order valence-electron chi connectivity index (χ3n) is 5.02. The number of rotatable bonds is 17. The second-order valence-electron chi connectivity index (χ2n) is 8.24. The molecule has 0 fully saturated rings. The second kappa shape index (κ2) is 19.3. The molecule has 1 nitrogen and oxygen atoms in total. The predicted octanol–water partition coefficient (Wildman–Crippen LogP) is 10.5. The van der Waals surface area contributed by atoms with Crippen LogP contribution in [-0.4, -0.2) is 82.1 Å². The van der Waals surface area contributed by atoms with Crippen molar-refractivity contribution < 1.29 is 4.74 Å². The van der Waals surface area contributed by atoms with Gasteiger partial charge in [-0.15, -0.1) is 151 Å². The summed E-state index contributed by atoms with van der Waals surface area (Å²) in [5.41, 5.74) is -0.881. The standard InChI is InChI=1S/C20H28Cl14O/c1-4-5-35-20(34)19(33)18(32)17(31)16(30)15(29)14(28)13(27)12(26)11(25)10(24)9(23)8(22)7(21)6(2)3/h6-20H,4-5H2,1-3H3. The van der Waals surface area contributed by atoms with Crippen molar-refractivity contribution >= 4 is 162 Å². The van der Waals surface area contributed by atoms with E-state index in [2.05, 4.69) is 0 Å². The van der Waals surface area contributed by atoms with E-state index in [0.717, 1.165) is 6.42 Å². The van der Waals surface area contributed by atoms with Gasteiger partial charge >= 0.3 is 0 Å². The molecule has 0 saturated carbocycles. The molecule has 0 aliphatic carbocycles. The normalized spacial score (nSPS) is 24.9. The molecule has 0 aromatic rings. The molecule has 212 valence electrons. The van der Waals surface area contributed by atoms with Crippen LogP contribution >= 0.6 is 162 Å². The monoisotopic (exact) mass is 774 g/mol. The molecule has 0 saturated heterocycles. The number of alkyl halides is 14. The lowest BCUT2D eigenvalue weighted by molar-refractivity contribution is 0.104. The lowest BCUT2D eigenvalue weighted by Gasteiger charge is -2.35. The molecule has 0 N–H and O–H groups in total. The van der Waals surface area contributed by atoms with E-state index in [1.54, 1.807) is 0 Å². The molecule has 14 atom stereocenters. The van der Waals surface area contributed by atoms with Crippen molar-refractivity contribution in [2.75, 3.05) is 6.61 Å². The molecule has 0 aromatic carbocycles. The van der Waals surface area contributed by atoms with Crippen molar-refractivity contribution in [2.24, 2.45) is 5.92 Å². The highest BCUT2D eigenvalue weighted by molar-refractivity contribution is 6.45. The Morgan fingerprint density at radius 2 is 0.629 bits per heavy atom. The van der Waals surface area contributed by atoms with E-state index in [1.165, 1.54) is 0 Å². The van der Waals surface area contributed by atoms with E-state index >= 15 is 0 Å². The third-order valence-corrected chi connectivity index (χ3v) is 14.3. The van der Waals surface area contributed by atoms with Crippen molar-refractivity contribution in [3.63, 3.8) is 0 Å². The minimum absolute atomic E-state index is 0.0599. The van der Waals surface area contributed by atoms with Gasteiger partial charge in [-0.2, -0.15) is 0 Å². The molecule has 0 heterocycles. The van der Waals surface area contributed by atoms with Gasteiger partial charge in [-0.25, -0.2) is 0 Å². The first-order valence-electron chi connectivity index (χ1n) is 10.6. The number of hydrogen-bond acceptors (Lipinski definition) is 1. The van der Waals surface area contributed by atoms with Gasteiger partial charge in [0, 0.05) is 6.61 Å². The van der Waals surface area contributed by atoms with Crippen LogP contribution in [0.4, 0.5) is 0 Å². The van der Waals surface area contributed by atoms with Crippen LogP contribution in [0.3, 0.4) is 0 Å². The molecule has 0 aliphatic rings. The second-order valence-corrected chi connectivity index (χ2v) is 15.2. The summed E-state index contributed by atoms with van der Waals surface area (Å²) >= 11 is 89.9. The molecule has 14 unspecified atom stereocenters. The molecule has 0 rings (SSSR count). The first-order chi connectivity index (χ1) is 16.0. The summed E-state index contributed by atoms with van der Waals surface area (Å²) in [5.74, 6) is 0.0599. The summed E-state index contributed by atoms with van der Waals surface area (Å²) in [7, 11) is 0. The molecule has 0 radical (unpaired) electrons. The van der Waals surface area contributed by atoms with E-state index in [1.807, 2.05) is 20.8 Å². The van der Waals surface area contributed by atoms with Gasteiger partial charge in [0.2, 0.25) is 0 Å². The summed E-state index contributed by atoms with van der Waals surface area (Å²) in [6.07, 6.45) is 0.752. The van der Waals surface area contributed by atoms with Crippen molar-refractivity contribution in [3.8, 4) is 0 Å². The Hall–Kier alpha value is 4.02. The van der Waals surface area contributed by atoms with E-state index in [4.69, 9.17) is 167 Å². The van der Waals surface area contributed by atoms with Gasteiger partial charge in [-0.05, 0) is 12.3 Å². The summed E-state index contributed by atoms with van der Waals surface area (Å²) in [6, 6.07) is 0. The Morgan fingerprint density at radius 1 is 0.400 bits per heavy atom. The maximum absolute atomic E-state index is 6.52. The Balaban J connectivity index is 5.23. The molecule has 0 bridgehead atoms. The lowest BCUT2D eigenvalue weighted by Crippen LogP contribution is -2.49. The molecular formula is C20H28Cl14O. The van der Waals surface area contributed by atoms with Crippen molar-refractivity contribution in [3.05, 3.63) is 0 Å². The van der Waals surface area contributed by atoms with Crippen LogP contribution in [0.25, 0.3) is 0 Å². The zero-order valence-electron chi connectivity index (χ0n) is 18.8. The highest BCUT2D eigenvalue weighted by Gasteiger charge is 2.45. The minimum Gasteiger partial charge on any atom is -0.361 e. The van der Waals surface area contributed by atoms with Gasteiger partial charge in [0.15, 0.2) is 0 Å². The van der Waals surface area contributed by atoms with Crippen LogP contribution < -0.4 is 0 Å². The van der Waals surface area contributed by atoms with E-state index < -0.39 is 75.5 Å². The summed E-state index contributed by atoms with van der Waals surface area (Å²) in [4.78, 5) is 0. The number of halogens is 14. The molecule has 15 heteroatoms. The SMILES string of the molecule is CCCOC(Cl)C(Cl)C(Cl)C(Cl)C(Cl)C(Cl)C(Cl)C(Cl)C(Cl)C(Cl)C(Cl)C(Cl)C(Cl)C(Cl)C(C)C. The molecule has 35 heavy (non-hydrogen) atoms. The minimum atomic E-state index is -0.993. The van der Waals surface area contributed by atoms with Gasteiger partial charge in [0.05, 0.1) is 69.9 Å². The lowest BCUT2D eigenvalue weighted by atomic mass is 9.99. The van der Waals surface area contributed by atoms with Crippen LogP contribution in [0, 0.1) is 5.92 Å². The van der Waals surface area contributed by atoms with E-state index in [0.29, 0.717) is 6.61 Å². The van der Waals surface area contributed by atoms with Crippen LogP contribution in [0.2, 0.25) is 0 Å². The molecule has 0 amide bonds. The summed E-state index contributed by atoms with van der Waals surface area (Å²) < 4.78 is 5.39.